The van der Waals surface area contributed by atoms with Crippen molar-refractivity contribution < 1.29 is 8.42 Å². The van der Waals surface area contributed by atoms with Gasteiger partial charge in [-0.25, -0.2) is 8.42 Å². The van der Waals surface area contributed by atoms with Crippen LogP contribution in [0, 0.1) is 11.3 Å². The van der Waals surface area contributed by atoms with E-state index < -0.39 is 10.0 Å². The molecular formula is C14H18BrN3O2S. The largest absolute Gasteiger partial charge is 0.285 e. The third-order valence-corrected chi connectivity index (χ3v) is 6.61. The molecule has 114 valence electrons. The minimum Gasteiger partial charge on any atom is -0.285 e. The SMILES string of the molecule is CCC(C#N)N1CCN(S(=O)(=O)c2ccccc2Br)CC1. The molecule has 1 unspecified atom stereocenters. The zero-order valence-electron chi connectivity index (χ0n) is 11.9. The van der Waals surface area contributed by atoms with Crippen molar-refractivity contribution in [3.8, 4) is 6.07 Å². The third-order valence-electron chi connectivity index (χ3n) is 3.70. The van der Waals surface area contributed by atoms with E-state index in [2.05, 4.69) is 22.0 Å². The Hall–Kier alpha value is -0.940. The average molecular weight is 372 g/mol. The minimum absolute atomic E-state index is 0.127. The molecule has 1 aromatic rings. The summed E-state index contributed by atoms with van der Waals surface area (Å²) in [5.41, 5.74) is 0. The van der Waals surface area contributed by atoms with Crippen molar-refractivity contribution in [2.75, 3.05) is 26.2 Å². The molecule has 1 aliphatic rings. The van der Waals surface area contributed by atoms with Crippen LogP contribution in [0.3, 0.4) is 0 Å². The van der Waals surface area contributed by atoms with Gasteiger partial charge in [0.05, 0.1) is 17.0 Å². The average Bonchev–Trinajstić information content (AvgIpc) is 2.49. The summed E-state index contributed by atoms with van der Waals surface area (Å²) in [6.45, 7) is 3.99. The molecule has 1 aromatic carbocycles. The van der Waals surface area contributed by atoms with Crippen LogP contribution in [0.1, 0.15) is 13.3 Å². The lowest BCUT2D eigenvalue weighted by Crippen LogP contribution is -2.51. The first-order valence-electron chi connectivity index (χ1n) is 6.89. The first-order chi connectivity index (χ1) is 10.0. The molecule has 0 aromatic heterocycles. The molecule has 0 amide bonds. The van der Waals surface area contributed by atoms with Gasteiger partial charge in [-0.1, -0.05) is 19.1 Å². The van der Waals surface area contributed by atoms with Gasteiger partial charge in [-0.05, 0) is 34.5 Å². The predicted octanol–water partition coefficient (Wildman–Crippen LogP) is 2.06. The van der Waals surface area contributed by atoms with Crippen molar-refractivity contribution in [3.05, 3.63) is 28.7 Å². The number of hydrogen-bond acceptors (Lipinski definition) is 4. The van der Waals surface area contributed by atoms with Crippen LogP contribution >= 0.6 is 15.9 Å². The summed E-state index contributed by atoms with van der Waals surface area (Å²) >= 11 is 3.30. The van der Waals surface area contributed by atoms with Crippen molar-refractivity contribution in [1.29, 1.82) is 5.26 Å². The molecule has 0 radical (unpaired) electrons. The highest BCUT2D eigenvalue weighted by atomic mass is 79.9. The van der Waals surface area contributed by atoms with Crippen LogP contribution in [0.5, 0.6) is 0 Å². The van der Waals surface area contributed by atoms with E-state index in [0.29, 0.717) is 35.5 Å². The highest BCUT2D eigenvalue weighted by Crippen LogP contribution is 2.25. The van der Waals surface area contributed by atoms with E-state index in [1.54, 1.807) is 24.3 Å². The highest BCUT2D eigenvalue weighted by Gasteiger charge is 2.31. The van der Waals surface area contributed by atoms with Crippen LogP contribution in [0.4, 0.5) is 0 Å². The molecule has 1 fully saturated rings. The maximum absolute atomic E-state index is 12.6. The van der Waals surface area contributed by atoms with Gasteiger partial charge in [0.1, 0.15) is 0 Å². The van der Waals surface area contributed by atoms with E-state index in [4.69, 9.17) is 5.26 Å². The molecule has 1 heterocycles. The summed E-state index contributed by atoms with van der Waals surface area (Å²) in [5, 5.41) is 9.09. The van der Waals surface area contributed by atoms with Crippen LogP contribution in [-0.2, 0) is 10.0 Å². The standard InChI is InChI=1S/C14H18BrN3O2S/c1-2-12(11-16)17-7-9-18(10-8-17)21(19,20)14-6-4-3-5-13(14)15/h3-6,12H,2,7-10H2,1H3. The monoisotopic (exact) mass is 371 g/mol. The van der Waals surface area contributed by atoms with Gasteiger partial charge in [0.2, 0.25) is 10.0 Å². The Labute approximate surface area is 134 Å². The summed E-state index contributed by atoms with van der Waals surface area (Å²) in [4.78, 5) is 2.34. The van der Waals surface area contributed by atoms with Gasteiger partial charge >= 0.3 is 0 Å². The van der Waals surface area contributed by atoms with Crippen LogP contribution in [-0.4, -0.2) is 49.8 Å². The topological polar surface area (TPSA) is 64.4 Å². The van der Waals surface area contributed by atoms with E-state index in [9.17, 15) is 8.42 Å². The van der Waals surface area contributed by atoms with Crippen LogP contribution in [0.2, 0.25) is 0 Å². The van der Waals surface area contributed by atoms with Crippen molar-refractivity contribution in [2.24, 2.45) is 0 Å². The number of nitrogens with zero attached hydrogens (tertiary/aromatic N) is 3. The Morgan fingerprint density at radius 2 is 1.90 bits per heavy atom. The maximum Gasteiger partial charge on any atom is 0.244 e. The third kappa shape index (κ3) is 3.46. The summed E-state index contributed by atoms with van der Waals surface area (Å²) in [6.07, 6.45) is 0.757. The normalized spacial score (nSPS) is 19.1. The van der Waals surface area contributed by atoms with Crippen molar-refractivity contribution in [1.82, 2.24) is 9.21 Å². The molecule has 1 saturated heterocycles. The fraction of sp³-hybridized carbons (Fsp3) is 0.500. The lowest BCUT2D eigenvalue weighted by atomic mass is 10.2. The number of piperazine rings is 1. The lowest BCUT2D eigenvalue weighted by molar-refractivity contribution is 0.159. The quantitative estimate of drug-likeness (QED) is 0.812. The molecule has 2 rings (SSSR count). The van der Waals surface area contributed by atoms with E-state index in [0.717, 1.165) is 6.42 Å². The van der Waals surface area contributed by atoms with Crippen molar-refractivity contribution in [3.63, 3.8) is 0 Å². The first-order valence-corrected chi connectivity index (χ1v) is 9.12. The second-order valence-corrected chi connectivity index (χ2v) is 7.68. The second-order valence-electron chi connectivity index (χ2n) is 4.92. The highest BCUT2D eigenvalue weighted by molar-refractivity contribution is 9.10. The van der Waals surface area contributed by atoms with Gasteiger partial charge in [-0.3, -0.25) is 4.90 Å². The van der Waals surface area contributed by atoms with Gasteiger partial charge in [-0.15, -0.1) is 0 Å². The molecule has 0 spiro atoms. The zero-order valence-corrected chi connectivity index (χ0v) is 14.3. The smallest absolute Gasteiger partial charge is 0.244 e. The van der Waals surface area contributed by atoms with E-state index in [-0.39, 0.29) is 6.04 Å². The molecular weight excluding hydrogens is 354 g/mol. The molecule has 0 saturated carbocycles. The van der Waals surface area contributed by atoms with Gasteiger partial charge in [0.15, 0.2) is 0 Å². The number of benzene rings is 1. The van der Waals surface area contributed by atoms with Gasteiger partial charge < -0.3 is 0 Å². The van der Waals surface area contributed by atoms with Gasteiger partial charge in [-0.2, -0.15) is 9.57 Å². The summed E-state index contributed by atoms with van der Waals surface area (Å²) in [7, 11) is -3.48. The number of rotatable bonds is 4. The Morgan fingerprint density at radius 1 is 1.29 bits per heavy atom. The second kappa shape index (κ2) is 6.88. The summed E-state index contributed by atoms with van der Waals surface area (Å²) in [6, 6.07) is 8.99. The molecule has 1 aliphatic heterocycles. The maximum atomic E-state index is 12.6. The zero-order chi connectivity index (χ0) is 15.5. The minimum atomic E-state index is -3.48. The molecule has 0 aliphatic carbocycles. The molecule has 5 nitrogen and oxygen atoms in total. The molecule has 0 bridgehead atoms. The Balaban J connectivity index is 2.12. The van der Waals surface area contributed by atoms with E-state index in [1.165, 1.54) is 4.31 Å². The fourth-order valence-electron chi connectivity index (χ4n) is 2.48. The lowest BCUT2D eigenvalue weighted by Gasteiger charge is -2.36. The molecule has 1 atom stereocenters. The Morgan fingerprint density at radius 3 is 2.43 bits per heavy atom. The van der Waals surface area contributed by atoms with Gasteiger partial charge in [0.25, 0.3) is 0 Å². The Bertz CT molecular complexity index is 634. The van der Waals surface area contributed by atoms with Crippen LogP contribution in [0.15, 0.2) is 33.6 Å². The van der Waals surface area contributed by atoms with Gasteiger partial charge in [0, 0.05) is 30.7 Å². The molecule has 0 N–H and O–H groups in total. The molecule has 7 heteroatoms. The van der Waals surface area contributed by atoms with Crippen molar-refractivity contribution in [2.45, 2.75) is 24.3 Å². The summed E-state index contributed by atoms with van der Waals surface area (Å²) in [5.74, 6) is 0. The summed E-state index contributed by atoms with van der Waals surface area (Å²) < 4.78 is 27.3. The number of hydrogen-bond donors (Lipinski definition) is 0. The Kier molecular flexibility index (Phi) is 5.38. The molecule has 21 heavy (non-hydrogen) atoms. The predicted molar refractivity (Wildman–Crippen MR) is 84.2 cm³/mol. The number of halogens is 1. The first kappa shape index (κ1) is 16.4. The van der Waals surface area contributed by atoms with Crippen LogP contribution in [0.25, 0.3) is 0 Å². The van der Waals surface area contributed by atoms with Crippen LogP contribution < -0.4 is 0 Å². The van der Waals surface area contributed by atoms with E-state index >= 15 is 0 Å². The fourth-order valence-corrected chi connectivity index (χ4v) is 4.87. The number of nitriles is 1. The van der Waals surface area contributed by atoms with Crippen molar-refractivity contribution >= 4 is 26.0 Å². The number of sulfonamides is 1. The van der Waals surface area contributed by atoms with E-state index in [1.807, 2.05) is 11.8 Å².